The summed E-state index contributed by atoms with van der Waals surface area (Å²) in [5.74, 6) is 0.548. The van der Waals surface area contributed by atoms with Crippen LogP contribution in [0.3, 0.4) is 0 Å². The fraction of sp³-hybridized carbons (Fsp3) is 0.273. The van der Waals surface area contributed by atoms with E-state index in [1.807, 2.05) is 71.0 Å². The summed E-state index contributed by atoms with van der Waals surface area (Å²) >= 11 is 0. The number of ether oxygens (including phenoxy) is 1. The molecule has 0 radical (unpaired) electrons. The van der Waals surface area contributed by atoms with E-state index in [1.165, 1.54) is 0 Å². The lowest BCUT2D eigenvalue weighted by molar-refractivity contribution is 0.399. The van der Waals surface area contributed by atoms with E-state index in [4.69, 9.17) is 4.74 Å². The molecule has 2 N–H and O–H groups in total. The van der Waals surface area contributed by atoms with Crippen molar-refractivity contribution >= 4 is 21.9 Å². The van der Waals surface area contributed by atoms with E-state index in [-0.39, 0.29) is 5.56 Å². The van der Waals surface area contributed by atoms with Crippen LogP contribution in [-0.2, 0) is 0 Å². The quantitative estimate of drug-likeness (QED) is 0.497. The molecule has 0 saturated heterocycles. The minimum atomic E-state index is -0.111. The molecule has 1 aromatic carbocycles. The van der Waals surface area contributed by atoms with Crippen molar-refractivity contribution in [2.45, 2.75) is 34.6 Å². The molecule has 27 heavy (non-hydrogen) atoms. The Morgan fingerprint density at radius 2 is 1.63 bits per heavy atom. The monoisotopic (exact) mass is 365 g/mol. The van der Waals surface area contributed by atoms with E-state index in [9.17, 15) is 4.79 Å². The molecular weight excluding hydrogens is 338 g/mol. The maximum atomic E-state index is 12.5. The molecule has 0 spiro atoms. The number of H-pyrrole nitrogens is 2. The van der Waals surface area contributed by atoms with Gasteiger partial charge in [0, 0.05) is 17.0 Å². The third-order valence-electron chi connectivity index (χ3n) is 4.11. The van der Waals surface area contributed by atoms with Crippen LogP contribution in [0.4, 0.5) is 0 Å². The largest absolute Gasteiger partial charge is 0.481 e. The van der Waals surface area contributed by atoms with Gasteiger partial charge in [0.1, 0.15) is 0 Å². The van der Waals surface area contributed by atoms with Crippen molar-refractivity contribution in [1.29, 1.82) is 0 Å². The number of hydrogen-bond donors (Lipinski definition) is 2. The maximum absolute atomic E-state index is 12.5. The van der Waals surface area contributed by atoms with Crippen LogP contribution in [0.2, 0.25) is 0 Å². The topological polar surface area (TPSA) is 70.8 Å². The zero-order chi connectivity index (χ0) is 20.0. The Hall–Kier alpha value is -3.08. The Bertz CT molecular complexity index is 1090. The number of nitrogens with zero attached hydrogens (tertiary/aromatic N) is 1. The number of nitrogens with one attached hydrogen (secondary N) is 2. The second-order valence-corrected chi connectivity index (χ2v) is 5.47. The Morgan fingerprint density at radius 1 is 0.926 bits per heavy atom. The molecule has 0 aliphatic carbocycles. The minimum absolute atomic E-state index is 0.111. The molecule has 0 aliphatic rings. The summed E-state index contributed by atoms with van der Waals surface area (Å²) in [5.41, 5.74) is 4.71. The smallest absolute Gasteiger partial charge is 0.258 e. The summed E-state index contributed by atoms with van der Waals surface area (Å²) in [4.78, 5) is 23.1. The standard InChI is InChI=1S/C18H15N3O2.2C2H6/c1-10-11-5-3-4-6-12(11)21-18(22)17(10)15-9-14-13(19-15)7-8-16(20-14)23-2;2*1-2/h3-9,19H,1-2H3,(H,21,22);2*1-2H3. The molecule has 3 aromatic heterocycles. The highest BCUT2D eigenvalue weighted by Crippen LogP contribution is 2.27. The summed E-state index contributed by atoms with van der Waals surface area (Å²) < 4.78 is 5.15. The van der Waals surface area contributed by atoms with Gasteiger partial charge < -0.3 is 14.7 Å². The molecule has 0 atom stereocenters. The molecule has 4 aromatic rings. The van der Waals surface area contributed by atoms with Crippen LogP contribution in [0.1, 0.15) is 33.3 Å². The second-order valence-electron chi connectivity index (χ2n) is 5.47. The van der Waals surface area contributed by atoms with E-state index < -0.39 is 0 Å². The minimum Gasteiger partial charge on any atom is -0.481 e. The number of aromatic amines is 2. The Balaban J connectivity index is 0.000000614. The Kier molecular flexibility index (Phi) is 6.77. The number of aryl methyl sites for hydroxylation is 1. The summed E-state index contributed by atoms with van der Waals surface area (Å²) in [7, 11) is 1.58. The number of para-hydroxylation sites is 1. The fourth-order valence-corrected chi connectivity index (χ4v) is 2.97. The summed E-state index contributed by atoms with van der Waals surface area (Å²) in [6, 6.07) is 13.4. The van der Waals surface area contributed by atoms with Crippen LogP contribution in [0.15, 0.2) is 47.3 Å². The van der Waals surface area contributed by atoms with Gasteiger partial charge in [0.25, 0.3) is 5.56 Å². The first-order valence-corrected chi connectivity index (χ1v) is 9.33. The van der Waals surface area contributed by atoms with E-state index in [0.717, 1.165) is 33.2 Å². The van der Waals surface area contributed by atoms with Gasteiger partial charge in [-0.25, -0.2) is 4.98 Å². The van der Waals surface area contributed by atoms with Crippen molar-refractivity contribution < 1.29 is 4.74 Å². The highest BCUT2D eigenvalue weighted by atomic mass is 16.5. The Labute approximate surface area is 159 Å². The van der Waals surface area contributed by atoms with Gasteiger partial charge in [-0.2, -0.15) is 0 Å². The van der Waals surface area contributed by atoms with Gasteiger partial charge in [-0.3, -0.25) is 4.79 Å². The van der Waals surface area contributed by atoms with E-state index in [1.54, 1.807) is 13.2 Å². The second kappa shape index (κ2) is 9.03. The molecule has 4 rings (SSSR count). The first-order valence-electron chi connectivity index (χ1n) is 9.33. The Morgan fingerprint density at radius 3 is 2.33 bits per heavy atom. The van der Waals surface area contributed by atoms with Crippen molar-refractivity contribution in [2.24, 2.45) is 0 Å². The van der Waals surface area contributed by atoms with Gasteiger partial charge in [-0.05, 0) is 30.7 Å². The number of aromatic nitrogens is 3. The predicted molar refractivity (Wildman–Crippen MR) is 114 cm³/mol. The van der Waals surface area contributed by atoms with Gasteiger partial charge in [-0.15, -0.1) is 0 Å². The predicted octanol–water partition coefficient (Wildman–Crippen LogP) is 5.44. The van der Waals surface area contributed by atoms with Crippen LogP contribution < -0.4 is 10.3 Å². The van der Waals surface area contributed by atoms with E-state index >= 15 is 0 Å². The lowest BCUT2D eigenvalue weighted by Gasteiger charge is -2.07. The van der Waals surface area contributed by atoms with E-state index in [2.05, 4.69) is 15.0 Å². The number of rotatable bonds is 2. The highest BCUT2D eigenvalue weighted by molar-refractivity contribution is 5.90. The van der Waals surface area contributed by atoms with Gasteiger partial charge in [0.15, 0.2) is 0 Å². The van der Waals surface area contributed by atoms with Crippen LogP contribution in [0, 0.1) is 6.92 Å². The number of hydrogen-bond acceptors (Lipinski definition) is 3. The lowest BCUT2D eigenvalue weighted by atomic mass is 10.0. The molecule has 0 fully saturated rings. The average molecular weight is 365 g/mol. The number of fused-ring (bicyclic) bond motifs is 2. The molecule has 0 unspecified atom stereocenters. The zero-order valence-electron chi connectivity index (χ0n) is 16.8. The highest BCUT2D eigenvalue weighted by Gasteiger charge is 2.14. The normalized spacial score (nSPS) is 10.0. The molecule has 5 nitrogen and oxygen atoms in total. The van der Waals surface area contributed by atoms with Crippen LogP contribution in [0.25, 0.3) is 33.2 Å². The van der Waals surface area contributed by atoms with Gasteiger partial charge in [0.05, 0.1) is 29.4 Å². The molecule has 5 heteroatoms. The number of benzene rings is 1. The SMILES string of the molecule is CC.CC.COc1ccc2[nH]c(-c3c(C)c4ccccc4[nH]c3=O)cc2n1. The zero-order valence-corrected chi connectivity index (χ0v) is 16.8. The first kappa shape index (κ1) is 20.2. The fourth-order valence-electron chi connectivity index (χ4n) is 2.97. The number of pyridine rings is 2. The number of methoxy groups -OCH3 is 1. The summed E-state index contributed by atoms with van der Waals surface area (Å²) in [6.07, 6.45) is 0. The van der Waals surface area contributed by atoms with Gasteiger partial charge in [0.2, 0.25) is 5.88 Å². The molecule has 0 saturated carbocycles. The van der Waals surface area contributed by atoms with Crippen molar-refractivity contribution in [3.63, 3.8) is 0 Å². The average Bonchev–Trinajstić information content (AvgIpc) is 3.13. The first-order chi connectivity index (χ1) is 13.2. The van der Waals surface area contributed by atoms with Crippen molar-refractivity contribution in [3.05, 3.63) is 58.4 Å². The lowest BCUT2D eigenvalue weighted by Crippen LogP contribution is -2.11. The summed E-state index contributed by atoms with van der Waals surface area (Å²) in [6.45, 7) is 9.96. The molecule has 3 heterocycles. The third kappa shape index (κ3) is 3.87. The van der Waals surface area contributed by atoms with Gasteiger partial charge >= 0.3 is 0 Å². The van der Waals surface area contributed by atoms with Crippen LogP contribution >= 0.6 is 0 Å². The van der Waals surface area contributed by atoms with Crippen molar-refractivity contribution in [3.8, 4) is 17.1 Å². The van der Waals surface area contributed by atoms with Crippen LogP contribution in [0.5, 0.6) is 5.88 Å². The molecule has 142 valence electrons. The molecule has 0 bridgehead atoms. The maximum Gasteiger partial charge on any atom is 0.258 e. The molecular formula is C22H27N3O2. The van der Waals surface area contributed by atoms with Gasteiger partial charge in [-0.1, -0.05) is 45.9 Å². The van der Waals surface area contributed by atoms with Crippen LogP contribution in [-0.4, -0.2) is 22.1 Å². The third-order valence-corrected chi connectivity index (χ3v) is 4.11. The van der Waals surface area contributed by atoms with Crippen molar-refractivity contribution in [1.82, 2.24) is 15.0 Å². The van der Waals surface area contributed by atoms with E-state index in [0.29, 0.717) is 11.4 Å². The van der Waals surface area contributed by atoms with Crippen molar-refractivity contribution in [2.75, 3.05) is 7.11 Å². The molecule has 0 aliphatic heterocycles. The molecule has 0 amide bonds. The summed E-state index contributed by atoms with van der Waals surface area (Å²) in [5, 5.41) is 1.03.